The summed E-state index contributed by atoms with van der Waals surface area (Å²) < 4.78 is 5.95. The first-order valence-corrected chi connectivity index (χ1v) is 8.27. The number of nitrogens with one attached hydrogen (secondary N) is 1. The molecule has 1 N–H and O–H groups in total. The van der Waals surface area contributed by atoms with Crippen molar-refractivity contribution in [3.63, 3.8) is 0 Å². The van der Waals surface area contributed by atoms with Gasteiger partial charge in [0.2, 0.25) is 0 Å². The molecule has 0 unspecified atom stereocenters. The molecule has 0 aromatic carbocycles. The molecule has 0 saturated carbocycles. The minimum Gasteiger partial charge on any atom is -0.367 e. The van der Waals surface area contributed by atoms with Gasteiger partial charge in [0, 0.05) is 12.7 Å². The van der Waals surface area contributed by atoms with Gasteiger partial charge in [-0.1, -0.05) is 6.07 Å². The van der Waals surface area contributed by atoms with Gasteiger partial charge in [-0.3, -0.25) is 4.98 Å². The van der Waals surface area contributed by atoms with Gasteiger partial charge >= 0.3 is 6.03 Å². The van der Waals surface area contributed by atoms with E-state index in [1.807, 2.05) is 35.4 Å². The average Bonchev–Trinajstić information content (AvgIpc) is 3.07. The summed E-state index contributed by atoms with van der Waals surface area (Å²) in [6.07, 6.45) is 1.71. The summed E-state index contributed by atoms with van der Waals surface area (Å²) >= 11 is 1.64. The molecule has 2 atom stereocenters. The van der Waals surface area contributed by atoms with Crippen LogP contribution in [0.15, 0.2) is 41.2 Å². The van der Waals surface area contributed by atoms with Gasteiger partial charge in [-0.25, -0.2) is 4.79 Å². The van der Waals surface area contributed by atoms with Crippen LogP contribution < -0.4 is 5.32 Å². The summed E-state index contributed by atoms with van der Waals surface area (Å²) in [6.45, 7) is 3.62. The third-order valence-corrected chi connectivity index (χ3v) is 4.31. The van der Waals surface area contributed by atoms with Crippen molar-refractivity contribution in [3.05, 3.63) is 52.5 Å². The van der Waals surface area contributed by atoms with Crippen molar-refractivity contribution in [1.29, 1.82) is 0 Å². The molecule has 116 valence electrons. The number of thiophene rings is 1. The number of ether oxygens (including phenoxy) is 1. The van der Waals surface area contributed by atoms with E-state index in [4.69, 9.17) is 4.74 Å². The highest BCUT2D eigenvalue weighted by Crippen LogP contribution is 2.26. The lowest BCUT2D eigenvalue weighted by Gasteiger charge is -2.36. The lowest BCUT2D eigenvalue weighted by Crippen LogP contribution is -2.49. The Morgan fingerprint density at radius 1 is 1.45 bits per heavy atom. The first-order chi connectivity index (χ1) is 10.7. The van der Waals surface area contributed by atoms with Crippen molar-refractivity contribution in [2.24, 2.45) is 0 Å². The van der Waals surface area contributed by atoms with Crippen LogP contribution in [0.25, 0.3) is 0 Å². The Labute approximate surface area is 133 Å². The normalized spacial score (nSPS) is 21.6. The molecule has 1 saturated heterocycles. The molecule has 1 fully saturated rings. The van der Waals surface area contributed by atoms with E-state index >= 15 is 0 Å². The molecule has 1 aliphatic heterocycles. The van der Waals surface area contributed by atoms with Gasteiger partial charge in [-0.2, -0.15) is 11.3 Å². The molecule has 3 rings (SSSR count). The van der Waals surface area contributed by atoms with Crippen molar-refractivity contribution >= 4 is 17.4 Å². The van der Waals surface area contributed by atoms with Crippen LogP contribution in [-0.4, -0.2) is 35.1 Å². The number of pyridine rings is 1. The lowest BCUT2D eigenvalue weighted by molar-refractivity contribution is -0.0655. The van der Waals surface area contributed by atoms with E-state index in [1.165, 1.54) is 0 Å². The van der Waals surface area contributed by atoms with E-state index < -0.39 is 0 Å². The van der Waals surface area contributed by atoms with Crippen LogP contribution >= 0.6 is 11.3 Å². The molecule has 0 bridgehead atoms. The van der Waals surface area contributed by atoms with Gasteiger partial charge < -0.3 is 15.0 Å². The molecule has 3 heterocycles. The number of hydrogen-bond donors (Lipinski definition) is 1. The molecule has 0 radical (unpaired) electrons. The fourth-order valence-electron chi connectivity index (χ4n) is 2.54. The number of amides is 2. The zero-order valence-corrected chi connectivity index (χ0v) is 13.3. The summed E-state index contributed by atoms with van der Waals surface area (Å²) in [4.78, 5) is 18.4. The molecule has 6 heteroatoms. The second-order valence-electron chi connectivity index (χ2n) is 5.38. The van der Waals surface area contributed by atoms with Gasteiger partial charge in [-0.05, 0) is 41.4 Å². The fourth-order valence-corrected chi connectivity index (χ4v) is 3.24. The van der Waals surface area contributed by atoms with Crippen LogP contribution in [0.5, 0.6) is 0 Å². The van der Waals surface area contributed by atoms with E-state index in [0.29, 0.717) is 19.6 Å². The van der Waals surface area contributed by atoms with Crippen LogP contribution in [-0.2, 0) is 11.3 Å². The standard InChI is InChI=1S/C16H19N3O2S/c1-12-9-19(10-15(21-12)13-5-7-22-11-13)16(20)18-8-14-4-2-3-6-17-14/h2-7,11-12,15H,8-10H2,1H3,(H,18,20)/t12-,15-/m1/s1. The zero-order valence-electron chi connectivity index (χ0n) is 12.4. The molecule has 22 heavy (non-hydrogen) atoms. The molecule has 2 aromatic heterocycles. The number of rotatable bonds is 3. The van der Waals surface area contributed by atoms with Crippen LogP contribution in [0.4, 0.5) is 4.79 Å². The lowest BCUT2D eigenvalue weighted by atomic mass is 10.1. The van der Waals surface area contributed by atoms with E-state index in [0.717, 1.165) is 11.3 Å². The van der Waals surface area contributed by atoms with E-state index in [9.17, 15) is 4.79 Å². The molecule has 1 aliphatic rings. The number of urea groups is 1. The van der Waals surface area contributed by atoms with Gasteiger partial charge in [-0.15, -0.1) is 0 Å². The third-order valence-electron chi connectivity index (χ3n) is 3.61. The molecule has 5 nitrogen and oxygen atoms in total. The highest BCUT2D eigenvalue weighted by Gasteiger charge is 2.29. The molecule has 2 amide bonds. The summed E-state index contributed by atoms with van der Waals surface area (Å²) in [7, 11) is 0. The van der Waals surface area contributed by atoms with Crippen molar-refractivity contribution in [1.82, 2.24) is 15.2 Å². The Bertz CT molecular complexity index is 603. The predicted molar refractivity (Wildman–Crippen MR) is 85.7 cm³/mol. The molecule has 2 aromatic rings. The van der Waals surface area contributed by atoms with E-state index in [1.54, 1.807) is 17.5 Å². The minimum atomic E-state index is -0.0685. The number of hydrogen-bond acceptors (Lipinski definition) is 4. The Hall–Kier alpha value is -1.92. The fraction of sp³-hybridized carbons (Fsp3) is 0.375. The second kappa shape index (κ2) is 6.89. The first kappa shape index (κ1) is 15.0. The number of carbonyl (C=O) groups is 1. The number of morpholine rings is 1. The van der Waals surface area contributed by atoms with E-state index in [-0.39, 0.29) is 18.2 Å². The minimum absolute atomic E-state index is 0.0271. The summed E-state index contributed by atoms with van der Waals surface area (Å²) in [6, 6.07) is 7.66. The number of carbonyl (C=O) groups excluding carboxylic acids is 1. The van der Waals surface area contributed by atoms with Crippen LogP contribution in [0, 0.1) is 0 Å². The highest BCUT2D eigenvalue weighted by atomic mass is 32.1. The maximum Gasteiger partial charge on any atom is 0.317 e. The van der Waals surface area contributed by atoms with Crippen molar-refractivity contribution in [2.45, 2.75) is 25.7 Å². The highest BCUT2D eigenvalue weighted by molar-refractivity contribution is 7.07. The average molecular weight is 317 g/mol. The maximum absolute atomic E-state index is 12.4. The zero-order chi connectivity index (χ0) is 15.4. The monoisotopic (exact) mass is 317 g/mol. The van der Waals surface area contributed by atoms with Gasteiger partial charge in [0.15, 0.2) is 0 Å². The van der Waals surface area contributed by atoms with Gasteiger partial charge in [0.25, 0.3) is 0 Å². The first-order valence-electron chi connectivity index (χ1n) is 7.32. The summed E-state index contributed by atoms with van der Waals surface area (Å²) in [5, 5.41) is 7.03. The Balaban J connectivity index is 1.59. The predicted octanol–water partition coefficient (Wildman–Crippen LogP) is 2.81. The molecular formula is C16H19N3O2S. The van der Waals surface area contributed by atoms with Crippen molar-refractivity contribution in [2.75, 3.05) is 13.1 Å². The summed E-state index contributed by atoms with van der Waals surface area (Å²) in [5.41, 5.74) is 1.99. The Morgan fingerprint density at radius 2 is 2.36 bits per heavy atom. The molecular weight excluding hydrogens is 298 g/mol. The smallest absolute Gasteiger partial charge is 0.317 e. The Kier molecular flexibility index (Phi) is 4.70. The second-order valence-corrected chi connectivity index (χ2v) is 6.16. The van der Waals surface area contributed by atoms with Crippen molar-refractivity contribution < 1.29 is 9.53 Å². The SMILES string of the molecule is C[C@@H]1CN(C(=O)NCc2ccccn2)C[C@H](c2ccsc2)O1. The van der Waals surface area contributed by atoms with Crippen LogP contribution in [0.3, 0.4) is 0 Å². The number of nitrogens with zero attached hydrogens (tertiary/aromatic N) is 2. The van der Waals surface area contributed by atoms with Gasteiger partial charge in [0.05, 0.1) is 24.9 Å². The van der Waals surface area contributed by atoms with Gasteiger partial charge in [0.1, 0.15) is 6.10 Å². The summed E-state index contributed by atoms with van der Waals surface area (Å²) in [5.74, 6) is 0. The van der Waals surface area contributed by atoms with E-state index in [2.05, 4.69) is 21.7 Å². The Morgan fingerprint density at radius 3 is 3.09 bits per heavy atom. The topological polar surface area (TPSA) is 54.5 Å². The third kappa shape index (κ3) is 3.64. The van der Waals surface area contributed by atoms with Crippen molar-refractivity contribution in [3.8, 4) is 0 Å². The quantitative estimate of drug-likeness (QED) is 0.947. The van der Waals surface area contributed by atoms with Crippen LogP contribution in [0.2, 0.25) is 0 Å². The molecule has 0 spiro atoms. The van der Waals surface area contributed by atoms with Crippen LogP contribution in [0.1, 0.15) is 24.3 Å². The largest absolute Gasteiger partial charge is 0.367 e. The maximum atomic E-state index is 12.4. The number of aromatic nitrogens is 1. The molecule has 0 aliphatic carbocycles.